The van der Waals surface area contributed by atoms with Gasteiger partial charge in [0.1, 0.15) is 17.4 Å². The monoisotopic (exact) mass is 355 g/mol. The minimum Gasteiger partial charge on any atom is -0.484 e. The summed E-state index contributed by atoms with van der Waals surface area (Å²) in [6, 6.07) is 7.71. The van der Waals surface area contributed by atoms with Crippen LogP contribution in [0.15, 0.2) is 36.4 Å². The van der Waals surface area contributed by atoms with Gasteiger partial charge >= 0.3 is 5.97 Å². The number of nitrogens with one attached hydrogen (secondary N) is 1. The second kappa shape index (κ2) is 7.74. The van der Waals surface area contributed by atoms with Gasteiger partial charge in [0.15, 0.2) is 6.61 Å². The zero-order chi connectivity index (χ0) is 17.7. The summed E-state index contributed by atoms with van der Waals surface area (Å²) in [4.78, 5) is 23.2. The third-order valence-corrected chi connectivity index (χ3v) is 3.14. The number of ether oxygens (including phenoxy) is 2. The number of methoxy groups -OCH3 is 1. The molecule has 2 rings (SSSR count). The van der Waals surface area contributed by atoms with Gasteiger partial charge < -0.3 is 14.8 Å². The van der Waals surface area contributed by atoms with Gasteiger partial charge in [-0.3, -0.25) is 4.79 Å². The van der Waals surface area contributed by atoms with E-state index in [1.54, 1.807) is 18.2 Å². The van der Waals surface area contributed by atoms with Crippen molar-refractivity contribution >= 4 is 29.2 Å². The molecule has 0 fully saturated rings. The molecule has 0 atom stereocenters. The summed E-state index contributed by atoms with van der Waals surface area (Å²) in [5, 5.41) is 2.63. The Morgan fingerprint density at radius 2 is 1.92 bits per heavy atom. The van der Waals surface area contributed by atoms with E-state index in [1.165, 1.54) is 6.07 Å². The highest BCUT2D eigenvalue weighted by molar-refractivity contribution is 6.30. The Labute approximate surface area is 141 Å². The Balaban J connectivity index is 2.07. The molecule has 0 saturated heterocycles. The van der Waals surface area contributed by atoms with Gasteiger partial charge in [-0.15, -0.1) is 0 Å². The van der Waals surface area contributed by atoms with E-state index in [9.17, 15) is 18.4 Å². The van der Waals surface area contributed by atoms with Crippen LogP contribution >= 0.6 is 11.6 Å². The fourth-order valence-electron chi connectivity index (χ4n) is 1.80. The lowest BCUT2D eigenvalue weighted by molar-refractivity contribution is -0.118. The first-order chi connectivity index (χ1) is 11.4. The highest BCUT2D eigenvalue weighted by Crippen LogP contribution is 2.21. The predicted octanol–water partition coefficient (Wildman–Crippen LogP) is 3.42. The van der Waals surface area contributed by atoms with Crippen LogP contribution in [0.25, 0.3) is 0 Å². The second-order valence-electron chi connectivity index (χ2n) is 4.60. The number of rotatable bonds is 5. The third kappa shape index (κ3) is 4.42. The largest absolute Gasteiger partial charge is 0.484 e. The number of hydrogen-bond acceptors (Lipinski definition) is 4. The van der Waals surface area contributed by atoms with Gasteiger partial charge in [-0.05, 0) is 24.3 Å². The lowest BCUT2D eigenvalue weighted by Gasteiger charge is -2.10. The topological polar surface area (TPSA) is 64.6 Å². The van der Waals surface area contributed by atoms with Crippen LogP contribution in [-0.2, 0) is 9.53 Å². The van der Waals surface area contributed by atoms with Crippen LogP contribution in [0.3, 0.4) is 0 Å². The van der Waals surface area contributed by atoms with Crippen LogP contribution in [0.4, 0.5) is 14.5 Å². The molecule has 0 aliphatic heterocycles. The second-order valence-corrected chi connectivity index (χ2v) is 5.03. The summed E-state index contributed by atoms with van der Waals surface area (Å²) in [5.41, 5.74) is -0.860. The number of carbonyl (C=O) groups is 2. The van der Waals surface area contributed by atoms with Gasteiger partial charge in [0.2, 0.25) is 0 Å². The zero-order valence-electron chi connectivity index (χ0n) is 12.4. The fourth-order valence-corrected chi connectivity index (χ4v) is 1.98. The lowest BCUT2D eigenvalue weighted by Crippen LogP contribution is -2.21. The Morgan fingerprint density at radius 3 is 2.58 bits per heavy atom. The average molecular weight is 356 g/mol. The van der Waals surface area contributed by atoms with E-state index in [0.717, 1.165) is 13.2 Å². The Hall–Kier alpha value is -2.67. The molecule has 0 aromatic heterocycles. The van der Waals surface area contributed by atoms with E-state index in [4.69, 9.17) is 16.3 Å². The summed E-state index contributed by atoms with van der Waals surface area (Å²) in [5.74, 6) is -3.45. The molecule has 1 N–H and O–H groups in total. The number of anilines is 1. The van der Waals surface area contributed by atoms with Gasteiger partial charge in [-0.25, -0.2) is 13.6 Å². The van der Waals surface area contributed by atoms with E-state index < -0.39 is 35.7 Å². The van der Waals surface area contributed by atoms with Crippen LogP contribution in [-0.4, -0.2) is 25.6 Å². The molecule has 0 saturated carbocycles. The smallest absolute Gasteiger partial charge is 0.340 e. The van der Waals surface area contributed by atoms with Crippen molar-refractivity contribution in [3.63, 3.8) is 0 Å². The summed E-state index contributed by atoms with van der Waals surface area (Å²) in [6.45, 7) is -0.426. The maximum absolute atomic E-state index is 13.7. The van der Waals surface area contributed by atoms with Gasteiger partial charge in [0.25, 0.3) is 5.91 Å². The van der Waals surface area contributed by atoms with Gasteiger partial charge in [-0.1, -0.05) is 17.7 Å². The first kappa shape index (κ1) is 17.7. The molecular weight excluding hydrogens is 344 g/mol. The first-order valence-corrected chi connectivity index (χ1v) is 7.04. The number of esters is 1. The van der Waals surface area contributed by atoms with Crippen molar-refractivity contribution in [1.29, 1.82) is 0 Å². The van der Waals surface area contributed by atoms with Crippen molar-refractivity contribution in [2.75, 3.05) is 19.0 Å². The average Bonchev–Trinajstić information content (AvgIpc) is 2.55. The molecule has 0 heterocycles. The SMILES string of the molecule is COC(=O)c1cc(NC(=O)COc2cccc(Cl)c2)c(F)cc1F. The molecule has 2 aromatic rings. The molecule has 0 spiro atoms. The molecule has 126 valence electrons. The van der Waals surface area contributed by atoms with Crippen molar-refractivity contribution in [3.05, 3.63) is 58.6 Å². The van der Waals surface area contributed by atoms with E-state index in [-0.39, 0.29) is 5.69 Å². The highest BCUT2D eigenvalue weighted by atomic mass is 35.5. The van der Waals surface area contributed by atoms with E-state index >= 15 is 0 Å². The molecule has 1 amide bonds. The van der Waals surface area contributed by atoms with Gasteiger partial charge in [0.05, 0.1) is 18.4 Å². The van der Waals surface area contributed by atoms with E-state index in [0.29, 0.717) is 16.8 Å². The number of carbonyl (C=O) groups excluding carboxylic acids is 2. The Bertz CT molecular complexity index is 783. The van der Waals surface area contributed by atoms with E-state index in [2.05, 4.69) is 10.1 Å². The molecule has 24 heavy (non-hydrogen) atoms. The maximum Gasteiger partial charge on any atom is 0.340 e. The summed E-state index contributed by atoms with van der Waals surface area (Å²) in [7, 11) is 1.06. The molecule has 0 aliphatic carbocycles. The van der Waals surface area contributed by atoms with Crippen molar-refractivity contribution in [3.8, 4) is 5.75 Å². The van der Waals surface area contributed by atoms with Crippen molar-refractivity contribution in [2.45, 2.75) is 0 Å². The molecular formula is C16H12ClF2NO4. The summed E-state index contributed by atoms with van der Waals surface area (Å²) >= 11 is 5.78. The third-order valence-electron chi connectivity index (χ3n) is 2.90. The molecule has 2 aromatic carbocycles. The number of halogens is 3. The Kier molecular flexibility index (Phi) is 5.70. The number of amides is 1. The first-order valence-electron chi connectivity index (χ1n) is 6.66. The highest BCUT2D eigenvalue weighted by Gasteiger charge is 2.18. The zero-order valence-corrected chi connectivity index (χ0v) is 13.2. The maximum atomic E-state index is 13.7. The molecule has 0 radical (unpaired) electrons. The van der Waals surface area contributed by atoms with Crippen LogP contribution in [0, 0.1) is 11.6 Å². The normalized spacial score (nSPS) is 10.2. The fraction of sp³-hybridized carbons (Fsp3) is 0.125. The summed E-state index contributed by atoms with van der Waals surface area (Å²) < 4.78 is 36.8. The molecule has 5 nitrogen and oxygen atoms in total. The van der Waals surface area contributed by atoms with Crippen LogP contribution in [0.1, 0.15) is 10.4 Å². The van der Waals surface area contributed by atoms with Crippen molar-refractivity contribution in [1.82, 2.24) is 0 Å². The van der Waals surface area contributed by atoms with Crippen LogP contribution in [0.5, 0.6) is 5.75 Å². The van der Waals surface area contributed by atoms with Gasteiger partial charge in [0, 0.05) is 11.1 Å². The van der Waals surface area contributed by atoms with E-state index in [1.807, 2.05) is 0 Å². The predicted molar refractivity (Wildman–Crippen MR) is 83.3 cm³/mol. The summed E-state index contributed by atoms with van der Waals surface area (Å²) in [6.07, 6.45) is 0. The lowest BCUT2D eigenvalue weighted by atomic mass is 10.1. The van der Waals surface area contributed by atoms with Crippen molar-refractivity contribution < 1.29 is 27.8 Å². The Morgan fingerprint density at radius 1 is 1.17 bits per heavy atom. The standard InChI is InChI=1S/C16H12ClF2NO4/c1-23-16(22)11-6-14(13(19)7-12(11)18)20-15(21)8-24-10-4-2-3-9(17)5-10/h2-7H,8H2,1H3,(H,20,21). The van der Waals surface area contributed by atoms with Gasteiger partial charge in [-0.2, -0.15) is 0 Å². The molecule has 0 unspecified atom stereocenters. The van der Waals surface area contributed by atoms with Crippen LogP contribution < -0.4 is 10.1 Å². The molecule has 8 heteroatoms. The van der Waals surface area contributed by atoms with Crippen molar-refractivity contribution in [2.24, 2.45) is 0 Å². The quantitative estimate of drug-likeness (QED) is 0.835. The van der Waals surface area contributed by atoms with Crippen LogP contribution in [0.2, 0.25) is 5.02 Å². The minimum atomic E-state index is -1.09. The minimum absolute atomic E-state index is 0.354. The molecule has 0 aliphatic rings. The number of hydrogen-bond donors (Lipinski definition) is 1. The molecule has 0 bridgehead atoms. The number of benzene rings is 2.